The third-order valence-electron chi connectivity index (χ3n) is 7.48. The molecule has 0 bridgehead atoms. The fourth-order valence-corrected chi connectivity index (χ4v) is 5.95. The number of aldehydes is 1. The van der Waals surface area contributed by atoms with E-state index in [2.05, 4.69) is 15.6 Å². The van der Waals surface area contributed by atoms with E-state index in [9.17, 15) is 9.59 Å². The lowest BCUT2D eigenvalue weighted by molar-refractivity contribution is -0.110. The highest BCUT2D eigenvalue weighted by Crippen LogP contribution is 2.48. The second kappa shape index (κ2) is 14.2. The molecule has 1 aliphatic heterocycles. The SMILES string of the molecule is CC=CCCN1C(=O)N(c2c(Cl)c(OC)cc(OC)c2Cl)Cc2cnc(NC3CCCCC3NCC(C)C=O)nc21. The van der Waals surface area contributed by atoms with E-state index in [1.54, 1.807) is 17.2 Å². The predicted molar refractivity (Wildman–Crippen MR) is 163 cm³/mol. The summed E-state index contributed by atoms with van der Waals surface area (Å²) in [6, 6.07) is 1.58. The number of hydrogen-bond acceptors (Lipinski definition) is 8. The fraction of sp³-hybridized carbons (Fsp3) is 0.517. The van der Waals surface area contributed by atoms with E-state index in [0.29, 0.717) is 48.5 Å². The number of rotatable bonds is 12. The molecular weight excluding hydrogens is 567 g/mol. The maximum Gasteiger partial charge on any atom is 0.330 e. The van der Waals surface area contributed by atoms with Gasteiger partial charge in [-0.2, -0.15) is 4.98 Å². The van der Waals surface area contributed by atoms with E-state index in [4.69, 9.17) is 37.7 Å². The number of carbonyl (C=O) groups is 2. The summed E-state index contributed by atoms with van der Waals surface area (Å²) in [5, 5.41) is 7.46. The van der Waals surface area contributed by atoms with Crippen molar-refractivity contribution in [3.05, 3.63) is 40.0 Å². The third-order valence-corrected chi connectivity index (χ3v) is 8.21. The van der Waals surface area contributed by atoms with Crippen LogP contribution in [-0.2, 0) is 11.3 Å². The first kappa shape index (κ1) is 30.9. The minimum Gasteiger partial charge on any atom is -0.495 e. The quantitative estimate of drug-likeness (QED) is 0.229. The number of allylic oxidation sites excluding steroid dienone is 1. The number of ether oxygens (including phenoxy) is 2. The number of nitrogens with one attached hydrogen (secondary N) is 2. The van der Waals surface area contributed by atoms with Crippen molar-refractivity contribution in [1.29, 1.82) is 0 Å². The molecule has 2 amide bonds. The van der Waals surface area contributed by atoms with Crippen LogP contribution in [-0.4, -0.2) is 61.7 Å². The average Bonchev–Trinajstić information content (AvgIpc) is 2.98. The third kappa shape index (κ3) is 6.88. The molecule has 41 heavy (non-hydrogen) atoms. The predicted octanol–water partition coefficient (Wildman–Crippen LogP) is 5.86. The Labute approximate surface area is 251 Å². The fourth-order valence-electron chi connectivity index (χ4n) is 5.24. The largest absolute Gasteiger partial charge is 0.495 e. The number of urea groups is 1. The van der Waals surface area contributed by atoms with Crippen molar-refractivity contribution >= 4 is 53.0 Å². The molecule has 0 spiro atoms. The van der Waals surface area contributed by atoms with E-state index in [1.165, 1.54) is 19.1 Å². The molecule has 1 aromatic carbocycles. The number of amides is 2. The summed E-state index contributed by atoms with van der Waals surface area (Å²) < 4.78 is 10.9. The molecule has 2 aliphatic rings. The Morgan fingerprint density at radius 1 is 1.15 bits per heavy atom. The standard InChI is InChI=1S/C29H38Cl2N6O4/c1-5-6-9-12-36-27-19(16-37(29(36)39)26-24(30)22(40-3)13-23(41-4)25(26)31)15-33-28(35-27)34-21-11-8-7-10-20(21)32-14-18(2)17-38/h5-6,13,15,17-18,20-21,32H,7-12,14,16H2,1-4H3,(H,33,34,35). The molecule has 222 valence electrons. The molecule has 1 aromatic heterocycles. The molecule has 12 heteroatoms. The molecule has 2 N–H and O–H groups in total. The van der Waals surface area contributed by atoms with Crippen LogP contribution >= 0.6 is 23.2 Å². The van der Waals surface area contributed by atoms with E-state index in [1.807, 2.05) is 26.0 Å². The van der Waals surface area contributed by atoms with Crippen LogP contribution < -0.4 is 29.9 Å². The molecule has 2 heterocycles. The zero-order valence-corrected chi connectivity index (χ0v) is 25.5. The Bertz CT molecular complexity index is 1250. The summed E-state index contributed by atoms with van der Waals surface area (Å²) >= 11 is 13.4. The van der Waals surface area contributed by atoms with Crippen LogP contribution in [0.15, 0.2) is 24.4 Å². The van der Waals surface area contributed by atoms with Gasteiger partial charge < -0.3 is 24.9 Å². The lowest BCUT2D eigenvalue weighted by Gasteiger charge is -2.37. The van der Waals surface area contributed by atoms with Gasteiger partial charge >= 0.3 is 6.03 Å². The summed E-state index contributed by atoms with van der Waals surface area (Å²) in [4.78, 5) is 37.7. The van der Waals surface area contributed by atoms with Crippen LogP contribution in [0.4, 0.5) is 22.2 Å². The summed E-state index contributed by atoms with van der Waals surface area (Å²) in [7, 11) is 2.99. The van der Waals surface area contributed by atoms with Gasteiger partial charge in [0.1, 0.15) is 33.6 Å². The topological polar surface area (TPSA) is 109 Å². The van der Waals surface area contributed by atoms with Crippen LogP contribution in [0.25, 0.3) is 0 Å². The van der Waals surface area contributed by atoms with Crippen molar-refractivity contribution in [3.63, 3.8) is 0 Å². The number of carbonyl (C=O) groups excluding carboxylic acids is 2. The Balaban J connectivity index is 1.67. The van der Waals surface area contributed by atoms with Crippen LogP contribution in [0.5, 0.6) is 11.5 Å². The lowest BCUT2D eigenvalue weighted by Crippen LogP contribution is -2.49. The number of anilines is 3. The molecule has 3 atom stereocenters. The highest BCUT2D eigenvalue weighted by atomic mass is 35.5. The molecule has 1 aliphatic carbocycles. The minimum absolute atomic E-state index is 0.0520. The number of hydrogen-bond donors (Lipinski definition) is 2. The van der Waals surface area contributed by atoms with Crippen molar-refractivity contribution in [3.8, 4) is 11.5 Å². The van der Waals surface area contributed by atoms with Crippen LogP contribution in [0, 0.1) is 5.92 Å². The monoisotopic (exact) mass is 604 g/mol. The number of halogens is 2. The van der Waals surface area contributed by atoms with Gasteiger partial charge in [0.05, 0.1) is 26.5 Å². The first-order valence-corrected chi connectivity index (χ1v) is 14.7. The van der Waals surface area contributed by atoms with Crippen LogP contribution in [0.1, 0.15) is 51.5 Å². The summed E-state index contributed by atoms with van der Waals surface area (Å²) in [5.74, 6) is 1.64. The Morgan fingerprint density at radius 3 is 2.46 bits per heavy atom. The van der Waals surface area contributed by atoms with Gasteiger partial charge in [-0.25, -0.2) is 9.78 Å². The van der Waals surface area contributed by atoms with Crippen molar-refractivity contribution < 1.29 is 19.1 Å². The Morgan fingerprint density at radius 2 is 1.83 bits per heavy atom. The molecule has 4 rings (SSSR count). The molecule has 1 saturated carbocycles. The van der Waals surface area contributed by atoms with Gasteiger partial charge in [-0.05, 0) is 26.2 Å². The zero-order chi connectivity index (χ0) is 29.5. The zero-order valence-electron chi connectivity index (χ0n) is 24.0. The Kier molecular flexibility index (Phi) is 10.7. The first-order chi connectivity index (χ1) is 19.8. The average molecular weight is 606 g/mol. The maximum absolute atomic E-state index is 14.0. The van der Waals surface area contributed by atoms with E-state index in [-0.39, 0.29) is 40.6 Å². The number of methoxy groups -OCH3 is 2. The molecule has 2 aromatic rings. The second-order valence-corrected chi connectivity index (χ2v) is 11.1. The number of aromatic nitrogens is 2. The molecular formula is C29H38Cl2N6O4. The number of benzene rings is 1. The van der Waals surface area contributed by atoms with E-state index >= 15 is 0 Å². The summed E-state index contributed by atoms with van der Waals surface area (Å²) in [6.45, 7) is 5.04. The molecule has 3 unspecified atom stereocenters. The normalized spacial score (nSPS) is 19.7. The van der Waals surface area contributed by atoms with Crippen molar-refractivity contribution in [1.82, 2.24) is 15.3 Å². The van der Waals surface area contributed by atoms with Gasteiger partial charge in [0.15, 0.2) is 0 Å². The summed E-state index contributed by atoms with van der Waals surface area (Å²) in [5.41, 5.74) is 1.06. The lowest BCUT2D eigenvalue weighted by atomic mass is 9.90. The highest BCUT2D eigenvalue weighted by molar-refractivity contribution is 6.42. The molecule has 10 nitrogen and oxygen atoms in total. The number of fused-ring (bicyclic) bond motifs is 1. The van der Waals surface area contributed by atoms with Crippen molar-refractivity contribution in [2.45, 2.75) is 64.6 Å². The number of nitrogens with zero attached hydrogens (tertiary/aromatic N) is 4. The smallest absolute Gasteiger partial charge is 0.330 e. The van der Waals surface area contributed by atoms with Gasteiger partial charge in [0.2, 0.25) is 5.95 Å². The van der Waals surface area contributed by atoms with Gasteiger partial charge in [-0.1, -0.05) is 55.1 Å². The van der Waals surface area contributed by atoms with Gasteiger partial charge in [0.25, 0.3) is 0 Å². The van der Waals surface area contributed by atoms with Crippen LogP contribution in [0.2, 0.25) is 10.0 Å². The van der Waals surface area contributed by atoms with E-state index in [0.717, 1.165) is 37.5 Å². The van der Waals surface area contributed by atoms with Crippen molar-refractivity contribution in [2.24, 2.45) is 5.92 Å². The molecule has 0 saturated heterocycles. The highest BCUT2D eigenvalue weighted by Gasteiger charge is 2.37. The molecule has 1 fully saturated rings. The van der Waals surface area contributed by atoms with E-state index < -0.39 is 0 Å². The minimum atomic E-state index is -0.314. The first-order valence-electron chi connectivity index (χ1n) is 13.9. The maximum atomic E-state index is 14.0. The molecule has 0 radical (unpaired) electrons. The summed E-state index contributed by atoms with van der Waals surface area (Å²) in [6.07, 6.45) is 11.5. The van der Waals surface area contributed by atoms with Crippen LogP contribution in [0.3, 0.4) is 0 Å². The van der Waals surface area contributed by atoms with Crippen molar-refractivity contribution in [2.75, 3.05) is 42.4 Å². The van der Waals surface area contributed by atoms with Gasteiger partial charge in [-0.3, -0.25) is 9.80 Å². The van der Waals surface area contributed by atoms with Gasteiger partial charge in [0, 0.05) is 48.9 Å². The van der Waals surface area contributed by atoms with Gasteiger partial charge in [-0.15, -0.1) is 0 Å². The Hall–Kier alpha value is -3.08. The second-order valence-electron chi connectivity index (χ2n) is 10.3.